The number of H-pyrrole nitrogens is 1. The van der Waals surface area contributed by atoms with E-state index in [4.69, 9.17) is 0 Å². The maximum absolute atomic E-state index is 11.6. The van der Waals surface area contributed by atoms with E-state index in [0.717, 1.165) is 5.56 Å². The van der Waals surface area contributed by atoms with Crippen LogP contribution in [0.3, 0.4) is 0 Å². The third-order valence-corrected chi connectivity index (χ3v) is 4.07. The summed E-state index contributed by atoms with van der Waals surface area (Å²) in [7, 11) is -3.24. The van der Waals surface area contributed by atoms with Gasteiger partial charge >= 0.3 is 0 Å². The molecule has 0 bridgehead atoms. The van der Waals surface area contributed by atoms with E-state index in [9.17, 15) is 8.42 Å². The molecule has 1 aromatic rings. The van der Waals surface area contributed by atoms with Crippen molar-refractivity contribution < 1.29 is 8.42 Å². The minimum Gasteiger partial charge on any atom is -0.367 e. The Morgan fingerprint density at radius 1 is 1.43 bits per heavy atom. The molecule has 0 aliphatic carbocycles. The zero-order valence-corrected chi connectivity index (χ0v) is 9.48. The summed E-state index contributed by atoms with van der Waals surface area (Å²) < 4.78 is 25.0. The average Bonchev–Trinajstić information content (AvgIpc) is 2.50. The average molecular weight is 216 g/mol. The fourth-order valence-electron chi connectivity index (χ4n) is 0.863. The number of rotatable bonds is 3. The zero-order chi connectivity index (χ0) is 10.8. The second-order valence-electron chi connectivity index (χ2n) is 4.16. The first-order valence-corrected chi connectivity index (χ1v) is 5.92. The van der Waals surface area contributed by atoms with Gasteiger partial charge in [-0.15, -0.1) is 0 Å². The van der Waals surface area contributed by atoms with Gasteiger partial charge in [0.05, 0.1) is 4.75 Å². The molecule has 0 saturated heterocycles. The molecule has 0 fully saturated rings. The van der Waals surface area contributed by atoms with Gasteiger partial charge in [0.25, 0.3) is 0 Å². The van der Waals surface area contributed by atoms with E-state index in [1.165, 1.54) is 0 Å². The lowest BCUT2D eigenvalue weighted by Gasteiger charge is -2.19. The second-order valence-corrected chi connectivity index (χ2v) is 6.68. The van der Waals surface area contributed by atoms with Crippen LogP contribution in [0.25, 0.3) is 0 Å². The van der Waals surface area contributed by atoms with Crippen LogP contribution >= 0.6 is 0 Å². The third kappa shape index (κ3) is 2.59. The van der Waals surface area contributed by atoms with Gasteiger partial charge in [-0.2, -0.15) is 0 Å². The van der Waals surface area contributed by atoms with E-state index in [-0.39, 0.29) is 0 Å². The monoisotopic (exact) mass is 216 g/mol. The minimum absolute atomic E-state index is 0.336. The lowest BCUT2D eigenvalue weighted by Crippen LogP contribution is -2.38. The first kappa shape index (κ1) is 11.3. The predicted octanol–water partition coefficient (Wildman–Crippen LogP) is 1.23. The lowest BCUT2D eigenvalue weighted by molar-refractivity contribution is 0.544. The molecule has 1 rings (SSSR count). The topological polar surface area (TPSA) is 62.0 Å². The number of sulfonamides is 1. The molecule has 1 heterocycles. The smallest absolute Gasteiger partial charge is 0.216 e. The molecule has 0 saturated carbocycles. The summed E-state index contributed by atoms with van der Waals surface area (Å²) >= 11 is 0. The van der Waals surface area contributed by atoms with Crippen molar-refractivity contribution in [2.24, 2.45) is 0 Å². The van der Waals surface area contributed by atoms with Crippen molar-refractivity contribution in [1.82, 2.24) is 9.71 Å². The Labute approximate surface area is 84.8 Å². The fourth-order valence-corrected chi connectivity index (χ4v) is 1.65. The van der Waals surface area contributed by atoms with Gasteiger partial charge in [0.1, 0.15) is 0 Å². The molecule has 0 aliphatic rings. The summed E-state index contributed by atoms with van der Waals surface area (Å²) in [6.45, 7) is 5.36. The maximum Gasteiger partial charge on any atom is 0.216 e. The fraction of sp³-hybridized carbons (Fsp3) is 0.556. The highest BCUT2D eigenvalue weighted by Gasteiger charge is 2.28. The normalized spacial score (nSPS) is 13.1. The van der Waals surface area contributed by atoms with Crippen molar-refractivity contribution in [2.45, 2.75) is 32.1 Å². The van der Waals surface area contributed by atoms with Crippen LogP contribution in [0.1, 0.15) is 26.3 Å². The molecule has 0 spiro atoms. The molecule has 0 amide bonds. The van der Waals surface area contributed by atoms with Crippen molar-refractivity contribution in [3.8, 4) is 0 Å². The predicted molar refractivity (Wildman–Crippen MR) is 56.3 cm³/mol. The van der Waals surface area contributed by atoms with Crippen LogP contribution in [0, 0.1) is 0 Å². The van der Waals surface area contributed by atoms with Crippen molar-refractivity contribution in [2.75, 3.05) is 0 Å². The quantitative estimate of drug-likeness (QED) is 0.798. The van der Waals surface area contributed by atoms with Gasteiger partial charge in [0.2, 0.25) is 10.0 Å². The molecule has 0 unspecified atom stereocenters. The van der Waals surface area contributed by atoms with Gasteiger partial charge in [-0.05, 0) is 32.4 Å². The van der Waals surface area contributed by atoms with Crippen molar-refractivity contribution in [3.63, 3.8) is 0 Å². The van der Waals surface area contributed by atoms with Gasteiger partial charge in [0, 0.05) is 18.9 Å². The van der Waals surface area contributed by atoms with Crippen LogP contribution in [0.4, 0.5) is 0 Å². The summed E-state index contributed by atoms with van der Waals surface area (Å²) in [6, 6.07) is 1.84. The SMILES string of the molecule is CC(C)(C)S(=O)(=O)NCc1cc[nH]c1. The summed E-state index contributed by atoms with van der Waals surface area (Å²) in [5.41, 5.74) is 0.929. The van der Waals surface area contributed by atoms with E-state index in [1.54, 1.807) is 33.2 Å². The van der Waals surface area contributed by atoms with Gasteiger partial charge in [-0.3, -0.25) is 0 Å². The van der Waals surface area contributed by atoms with Crippen molar-refractivity contribution >= 4 is 10.0 Å². The number of aromatic nitrogens is 1. The molecule has 0 atom stereocenters. The highest BCUT2D eigenvalue weighted by Crippen LogP contribution is 2.13. The van der Waals surface area contributed by atoms with Crippen LogP contribution in [-0.2, 0) is 16.6 Å². The van der Waals surface area contributed by atoms with Gasteiger partial charge < -0.3 is 4.98 Å². The third-order valence-electron chi connectivity index (χ3n) is 1.93. The molecule has 1 aromatic heterocycles. The van der Waals surface area contributed by atoms with Crippen molar-refractivity contribution in [3.05, 3.63) is 24.0 Å². The highest BCUT2D eigenvalue weighted by atomic mass is 32.2. The lowest BCUT2D eigenvalue weighted by atomic mass is 10.3. The first-order valence-electron chi connectivity index (χ1n) is 4.44. The summed E-state index contributed by atoms with van der Waals surface area (Å²) in [5, 5.41) is 0. The van der Waals surface area contributed by atoms with E-state index >= 15 is 0 Å². The molecule has 0 aliphatic heterocycles. The number of hydrogen-bond donors (Lipinski definition) is 2. The van der Waals surface area contributed by atoms with Gasteiger partial charge in [0.15, 0.2) is 0 Å². The van der Waals surface area contributed by atoms with Gasteiger partial charge in [-0.1, -0.05) is 0 Å². The van der Waals surface area contributed by atoms with Crippen LogP contribution in [-0.4, -0.2) is 18.1 Å². The highest BCUT2D eigenvalue weighted by molar-refractivity contribution is 7.90. The van der Waals surface area contributed by atoms with E-state index in [2.05, 4.69) is 9.71 Å². The standard InChI is InChI=1S/C9H16N2O2S/c1-9(2,3)14(12,13)11-7-8-4-5-10-6-8/h4-6,10-11H,7H2,1-3H3. The minimum atomic E-state index is -3.24. The van der Waals surface area contributed by atoms with Gasteiger partial charge in [-0.25, -0.2) is 13.1 Å². The zero-order valence-electron chi connectivity index (χ0n) is 8.66. The maximum atomic E-state index is 11.6. The molecule has 80 valence electrons. The number of hydrogen-bond acceptors (Lipinski definition) is 2. The Hall–Kier alpha value is -0.810. The molecular formula is C9H16N2O2S. The second kappa shape index (κ2) is 3.74. The molecule has 0 radical (unpaired) electrons. The molecule has 5 heteroatoms. The van der Waals surface area contributed by atoms with E-state index in [1.807, 2.05) is 6.07 Å². The van der Waals surface area contributed by atoms with Crippen LogP contribution in [0.5, 0.6) is 0 Å². The summed E-state index contributed by atoms with van der Waals surface area (Å²) in [6.07, 6.45) is 3.53. The first-order chi connectivity index (χ1) is 6.33. The van der Waals surface area contributed by atoms with Crippen LogP contribution in [0.2, 0.25) is 0 Å². The molecule has 4 nitrogen and oxygen atoms in total. The molecular weight excluding hydrogens is 200 g/mol. The van der Waals surface area contributed by atoms with Crippen molar-refractivity contribution in [1.29, 1.82) is 0 Å². The number of aromatic amines is 1. The summed E-state index contributed by atoms with van der Waals surface area (Å²) in [4.78, 5) is 2.87. The Bertz CT molecular complexity index is 373. The van der Waals surface area contributed by atoms with E-state index in [0.29, 0.717) is 6.54 Å². The van der Waals surface area contributed by atoms with E-state index < -0.39 is 14.8 Å². The Kier molecular flexibility index (Phi) is 3.01. The summed E-state index contributed by atoms with van der Waals surface area (Å²) in [5.74, 6) is 0. The van der Waals surface area contributed by atoms with Crippen LogP contribution < -0.4 is 4.72 Å². The number of nitrogens with one attached hydrogen (secondary N) is 2. The Morgan fingerprint density at radius 3 is 2.50 bits per heavy atom. The molecule has 14 heavy (non-hydrogen) atoms. The largest absolute Gasteiger partial charge is 0.367 e. The molecule has 2 N–H and O–H groups in total. The van der Waals surface area contributed by atoms with Crippen LogP contribution in [0.15, 0.2) is 18.5 Å². The molecule has 0 aromatic carbocycles. The Balaban J connectivity index is 2.63. The Morgan fingerprint density at radius 2 is 2.07 bits per heavy atom.